The molecule has 2 atom stereocenters. The van der Waals surface area contributed by atoms with Crippen molar-refractivity contribution >= 4 is 0 Å². The van der Waals surface area contributed by atoms with Crippen LogP contribution >= 0.6 is 0 Å². The van der Waals surface area contributed by atoms with E-state index >= 15 is 0 Å². The van der Waals surface area contributed by atoms with Gasteiger partial charge in [-0.25, -0.2) is 0 Å². The molecule has 0 radical (unpaired) electrons. The summed E-state index contributed by atoms with van der Waals surface area (Å²) in [5.41, 5.74) is 7.10. The van der Waals surface area contributed by atoms with Crippen LogP contribution in [0, 0.1) is 0 Å². The molecule has 0 heterocycles. The summed E-state index contributed by atoms with van der Waals surface area (Å²) in [5.74, 6) is 0. The largest absolute Gasteiger partial charge is 0.377 e. The molecule has 0 aromatic carbocycles. The SMILES string of the molecule is C=C(CC)CC(N)C(C)OCC. The van der Waals surface area contributed by atoms with E-state index in [1.165, 1.54) is 5.57 Å². The molecule has 0 rings (SSSR count). The molecule has 2 unspecified atom stereocenters. The maximum Gasteiger partial charge on any atom is 0.0700 e. The highest BCUT2D eigenvalue weighted by atomic mass is 16.5. The van der Waals surface area contributed by atoms with Crippen LogP contribution in [-0.4, -0.2) is 18.8 Å². The minimum absolute atomic E-state index is 0.0948. The van der Waals surface area contributed by atoms with Gasteiger partial charge in [0.05, 0.1) is 6.10 Å². The molecular weight excluding hydrogens is 150 g/mol. The van der Waals surface area contributed by atoms with Crippen molar-refractivity contribution in [1.29, 1.82) is 0 Å². The Bertz CT molecular complexity index is 134. The lowest BCUT2D eigenvalue weighted by Crippen LogP contribution is -2.34. The van der Waals surface area contributed by atoms with Crippen LogP contribution in [0.4, 0.5) is 0 Å². The van der Waals surface area contributed by atoms with Crippen LogP contribution in [0.25, 0.3) is 0 Å². The highest BCUT2D eigenvalue weighted by Crippen LogP contribution is 2.09. The van der Waals surface area contributed by atoms with Gasteiger partial charge in [0.15, 0.2) is 0 Å². The molecule has 2 N–H and O–H groups in total. The Balaban J connectivity index is 3.69. The van der Waals surface area contributed by atoms with Crippen molar-refractivity contribution in [2.75, 3.05) is 6.61 Å². The first-order chi connectivity index (χ1) is 5.61. The molecule has 0 spiro atoms. The van der Waals surface area contributed by atoms with Gasteiger partial charge in [0.2, 0.25) is 0 Å². The second-order valence-electron chi connectivity index (χ2n) is 3.13. The van der Waals surface area contributed by atoms with Gasteiger partial charge in [-0.1, -0.05) is 19.1 Å². The average Bonchev–Trinajstić information content (AvgIpc) is 2.04. The predicted octanol–water partition coefficient (Wildman–Crippen LogP) is 2.09. The van der Waals surface area contributed by atoms with Gasteiger partial charge in [-0.3, -0.25) is 0 Å². The van der Waals surface area contributed by atoms with Gasteiger partial charge < -0.3 is 10.5 Å². The summed E-state index contributed by atoms with van der Waals surface area (Å²) in [6.45, 7) is 10.7. The summed E-state index contributed by atoms with van der Waals surface area (Å²) in [5, 5.41) is 0. The van der Waals surface area contributed by atoms with Crippen molar-refractivity contribution in [3.8, 4) is 0 Å². The number of nitrogens with two attached hydrogens (primary N) is 1. The molecule has 2 heteroatoms. The standard InChI is InChI=1S/C10H21NO/c1-5-8(3)7-10(11)9(4)12-6-2/h9-10H,3,5-7,11H2,1-2,4H3. The first-order valence-electron chi connectivity index (χ1n) is 4.65. The molecule has 0 fully saturated rings. The monoisotopic (exact) mass is 171 g/mol. The zero-order valence-electron chi connectivity index (χ0n) is 8.47. The fourth-order valence-corrected chi connectivity index (χ4v) is 1.03. The molecule has 2 nitrogen and oxygen atoms in total. The molecule has 0 aliphatic carbocycles. The Morgan fingerprint density at radius 2 is 2.08 bits per heavy atom. The van der Waals surface area contributed by atoms with E-state index in [2.05, 4.69) is 13.5 Å². The fraction of sp³-hybridized carbons (Fsp3) is 0.800. The van der Waals surface area contributed by atoms with Gasteiger partial charge in [-0.15, -0.1) is 0 Å². The topological polar surface area (TPSA) is 35.2 Å². The van der Waals surface area contributed by atoms with Crippen molar-refractivity contribution in [2.24, 2.45) is 5.73 Å². The maximum atomic E-state index is 5.89. The molecule has 0 bridgehead atoms. The van der Waals surface area contributed by atoms with E-state index in [0.717, 1.165) is 19.4 Å². The quantitative estimate of drug-likeness (QED) is 0.621. The molecule has 0 aliphatic rings. The Hall–Kier alpha value is -0.340. The molecule has 0 saturated carbocycles. The Morgan fingerprint density at radius 1 is 1.50 bits per heavy atom. The second kappa shape index (κ2) is 6.21. The van der Waals surface area contributed by atoms with E-state index in [4.69, 9.17) is 10.5 Å². The number of hydrogen-bond donors (Lipinski definition) is 1. The molecular formula is C10H21NO. The Labute approximate surface area is 75.8 Å². The first-order valence-corrected chi connectivity index (χ1v) is 4.65. The summed E-state index contributed by atoms with van der Waals surface area (Å²) in [7, 11) is 0. The third-order valence-corrected chi connectivity index (χ3v) is 2.06. The van der Waals surface area contributed by atoms with Crippen molar-refractivity contribution in [3.05, 3.63) is 12.2 Å². The first kappa shape index (κ1) is 11.7. The summed E-state index contributed by atoms with van der Waals surface area (Å²) in [6.07, 6.45) is 2.02. The van der Waals surface area contributed by atoms with Crippen LogP contribution in [0.2, 0.25) is 0 Å². The van der Waals surface area contributed by atoms with Crippen LogP contribution in [0.1, 0.15) is 33.6 Å². The minimum atomic E-state index is 0.0948. The molecule has 72 valence electrons. The lowest BCUT2D eigenvalue weighted by Gasteiger charge is -2.20. The fourth-order valence-electron chi connectivity index (χ4n) is 1.03. The van der Waals surface area contributed by atoms with Crippen LogP contribution < -0.4 is 5.73 Å². The van der Waals surface area contributed by atoms with E-state index in [1.807, 2.05) is 13.8 Å². The summed E-state index contributed by atoms with van der Waals surface area (Å²) >= 11 is 0. The maximum absolute atomic E-state index is 5.89. The number of ether oxygens (including phenoxy) is 1. The van der Waals surface area contributed by atoms with Crippen LogP contribution in [-0.2, 0) is 4.74 Å². The second-order valence-corrected chi connectivity index (χ2v) is 3.13. The van der Waals surface area contributed by atoms with Gasteiger partial charge in [0.25, 0.3) is 0 Å². The van der Waals surface area contributed by atoms with Gasteiger partial charge >= 0.3 is 0 Å². The molecule has 0 saturated heterocycles. The van der Waals surface area contributed by atoms with Crippen molar-refractivity contribution in [1.82, 2.24) is 0 Å². The van der Waals surface area contributed by atoms with Crippen molar-refractivity contribution in [3.63, 3.8) is 0 Å². The van der Waals surface area contributed by atoms with Gasteiger partial charge in [0, 0.05) is 12.6 Å². The van der Waals surface area contributed by atoms with Crippen molar-refractivity contribution < 1.29 is 4.74 Å². The smallest absolute Gasteiger partial charge is 0.0700 e. The molecule has 12 heavy (non-hydrogen) atoms. The average molecular weight is 171 g/mol. The normalized spacial score (nSPS) is 15.7. The Kier molecular flexibility index (Phi) is 6.03. The third kappa shape index (κ3) is 4.52. The highest BCUT2D eigenvalue weighted by molar-refractivity contribution is 4.97. The lowest BCUT2D eigenvalue weighted by atomic mass is 10.0. The van der Waals surface area contributed by atoms with Gasteiger partial charge in [-0.2, -0.15) is 0 Å². The molecule has 0 amide bonds. The predicted molar refractivity (Wildman–Crippen MR) is 53.1 cm³/mol. The van der Waals surface area contributed by atoms with Crippen LogP contribution in [0.5, 0.6) is 0 Å². The van der Waals surface area contributed by atoms with E-state index in [1.54, 1.807) is 0 Å². The van der Waals surface area contributed by atoms with Gasteiger partial charge in [-0.05, 0) is 26.7 Å². The Morgan fingerprint density at radius 3 is 2.50 bits per heavy atom. The van der Waals surface area contributed by atoms with Crippen molar-refractivity contribution in [2.45, 2.75) is 45.8 Å². The molecule has 0 aliphatic heterocycles. The highest BCUT2D eigenvalue weighted by Gasteiger charge is 2.12. The lowest BCUT2D eigenvalue weighted by molar-refractivity contribution is 0.0576. The zero-order chi connectivity index (χ0) is 9.56. The number of hydrogen-bond acceptors (Lipinski definition) is 2. The minimum Gasteiger partial charge on any atom is -0.377 e. The zero-order valence-corrected chi connectivity index (χ0v) is 8.47. The van der Waals surface area contributed by atoms with E-state index in [0.29, 0.717) is 0 Å². The van der Waals surface area contributed by atoms with Gasteiger partial charge in [0.1, 0.15) is 0 Å². The van der Waals surface area contributed by atoms with Crippen LogP contribution in [0.15, 0.2) is 12.2 Å². The summed E-state index contributed by atoms with van der Waals surface area (Å²) in [4.78, 5) is 0. The van der Waals surface area contributed by atoms with E-state index < -0.39 is 0 Å². The van der Waals surface area contributed by atoms with Crippen LogP contribution in [0.3, 0.4) is 0 Å². The third-order valence-electron chi connectivity index (χ3n) is 2.06. The van der Waals surface area contributed by atoms with E-state index in [-0.39, 0.29) is 12.1 Å². The summed E-state index contributed by atoms with van der Waals surface area (Å²) in [6, 6.07) is 0.0948. The number of rotatable bonds is 6. The molecule has 0 aromatic rings. The molecule has 0 aromatic heterocycles. The summed E-state index contributed by atoms with van der Waals surface area (Å²) < 4.78 is 5.38. The van der Waals surface area contributed by atoms with E-state index in [9.17, 15) is 0 Å².